The van der Waals surface area contributed by atoms with Crippen molar-refractivity contribution in [3.63, 3.8) is 0 Å². The largest absolute Gasteiger partial charge is 0.508 e. The summed E-state index contributed by atoms with van der Waals surface area (Å²) in [6.07, 6.45) is 1.74. The second kappa shape index (κ2) is 8.79. The lowest BCUT2D eigenvalue weighted by atomic mass is 10.2. The normalized spacial score (nSPS) is 16.5. The SMILES string of the molecule is Cc1ccc(N=C2S/C(=C\c3cccc(O)c3)C(=O)N2c2ccc(C)c(Cl)c2)cc1Cl. The van der Waals surface area contributed by atoms with Gasteiger partial charge in [0.25, 0.3) is 5.91 Å². The van der Waals surface area contributed by atoms with E-state index in [0.29, 0.717) is 31.5 Å². The number of amidine groups is 1. The number of aromatic hydroxyl groups is 1. The minimum Gasteiger partial charge on any atom is -0.508 e. The molecule has 1 heterocycles. The van der Waals surface area contributed by atoms with E-state index >= 15 is 0 Å². The number of thioether (sulfide) groups is 1. The van der Waals surface area contributed by atoms with Crippen LogP contribution in [-0.4, -0.2) is 16.2 Å². The number of carbonyl (C=O) groups excluding carboxylic acids is 1. The molecule has 0 atom stereocenters. The number of amides is 1. The van der Waals surface area contributed by atoms with Crippen LogP contribution < -0.4 is 4.90 Å². The molecule has 1 aliphatic heterocycles. The number of phenols is 1. The molecule has 4 nitrogen and oxygen atoms in total. The lowest BCUT2D eigenvalue weighted by Crippen LogP contribution is -2.28. The molecule has 0 radical (unpaired) electrons. The number of rotatable bonds is 3. The van der Waals surface area contributed by atoms with E-state index in [1.54, 1.807) is 41.3 Å². The highest BCUT2D eigenvalue weighted by atomic mass is 35.5. The van der Waals surface area contributed by atoms with Crippen molar-refractivity contribution in [2.75, 3.05) is 4.90 Å². The number of aliphatic imine (C=N–C) groups is 1. The first-order chi connectivity index (χ1) is 14.8. The summed E-state index contributed by atoms with van der Waals surface area (Å²) in [5, 5.41) is 11.4. The van der Waals surface area contributed by atoms with Gasteiger partial charge >= 0.3 is 0 Å². The van der Waals surface area contributed by atoms with Crippen LogP contribution in [0.1, 0.15) is 16.7 Å². The number of hydrogen-bond donors (Lipinski definition) is 1. The minimum absolute atomic E-state index is 0.134. The van der Waals surface area contributed by atoms with Crippen molar-refractivity contribution in [3.8, 4) is 5.75 Å². The summed E-state index contributed by atoms with van der Waals surface area (Å²) in [5.74, 6) is -0.0830. The van der Waals surface area contributed by atoms with E-state index in [1.807, 2.05) is 44.2 Å². The minimum atomic E-state index is -0.217. The first-order valence-electron chi connectivity index (χ1n) is 9.46. The maximum Gasteiger partial charge on any atom is 0.271 e. The molecule has 1 saturated heterocycles. The summed E-state index contributed by atoms with van der Waals surface area (Å²) in [4.78, 5) is 20.1. The van der Waals surface area contributed by atoms with E-state index in [-0.39, 0.29) is 11.7 Å². The van der Waals surface area contributed by atoms with Crippen molar-refractivity contribution in [1.82, 2.24) is 0 Å². The molecular weight excluding hydrogens is 451 g/mol. The molecule has 31 heavy (non-hydrogen) atoms. The Labute approximate surface area is 194 Å². The third-order valence-corrected chi connectivity index (χ3v) is 6.55. The van der Waals surface area contributed by atoms with Crippen molar-refractivity contribution in [2.45, 2.75) is 13.8 Å². The summed E-state index contributed by atoms with van der Waals surface area (Å²) >= 11 is 13.8. The Bertz CT molecular complexity index is 1250. The van der Waals surface area contributed by atoms with Crippen LogP contribution in [0.4, 0.5) is 11.4 Å². The zero-order valence-electron chi connectivity index (χ0n) is 16.8. The third kappa shape index (κ3) is 4.64. The smallest absolute Gasteiger partial charge is 0.271 e. The van der Waals surface area contributed by atoms with Crippen molar-refractivity contribution >= 4 is 63.5 Å². The van der Waals surface area contributed by atoms with E-state index < -0.39 is 0 Å². The standard InChI is InChI=1S/C24H18Cl2N2O2S/c1-14-6-8-17(12-20(14)25)27-24-28(18-9-7-15(2)21(26)13-18)23(30)22(31-24)11-16-4-3-5-19(29)10-16/h3-13,29H,1-2H3/b22-11-,27-24?. The molecule has 1 amide bonds. The number of anilines is 1. The van der Waals surface area contributed by atoms with Crippen LogP contribution in [-0.2, 0) is 4.79 Å². The van der Waals surface area contributed by atoms with Gasteiger partial charge in [0, 0.05) is 10.0 Å². The number of benzene rings is 3. The van der Waals surface area contributed by atoms with E-state index in [2.05, 4.69) is 0 Å². The molecule has 0 aliphatic carbocycles. The molecule has 0 bridgehead atoms. The van der Waals surface area contributed by atoms with Gasteiger partial charge in [-0.25, -0.2) is 4.99 Å². The van der Waals surface area contributed by atoms with Crippen LogP contribution >= 0.6 is 35.0 Å². The van der Waals surface area contributed by atoms with Crippen LogP contribution in [0, 0.1) is 13.8 Å². The van der Waals surface area contributed by atoms with Gasteiger partial charge in [0.15, 0.2) is 5.17 Å². The topological polar surface area (TPSA) is 52.9 Å². The lowest BCUT2D eigenvalue weighted by molar-refractivity contribution is -0.113. The molecule has 4 rings (SSSR count). The van der Waals surface area contributed by atoms with E-state index in [9.17, 15) is 9.90 Å². The molecule has 3 aromatic rings. The van der Waals surface area contributed by atoms with Gasteiger partial charge in [-0.05, 0) is 84.8 Å². The molecule has 0 spiro atoms. The molecule has 0 unspecified atom stereocenters. The number of phenolic OH excluding ortho intramolecular Hbond substituents is 1. The summed E-state index contributed by atoms with van der Waals surface area (Å²) in [6.45, 7) is 3.83. The van der Waals surface area contributed by atoms with Crippen molar-refractivity contribution in [1.29, 1.82) is 0 Å². The molecule has 3 aromatic carbocycles. The molecule has 0 saturated carbocycles. The van der Waals surface area contributed by atoms with Crippen LogP contribution in [0.3, 0.4) is 0 Å². The average Bonchev–Trinajstić information content (AvgIpc) is 3.02. The fourth-order valence-electron chi connectivity index (χ4n) is 3.02. The van der Waals surface area contributed by atoms with Gasteiger partial charge in [-0.15, -0.1) is 0 Å². The Hall–Kier alpha value is -2.73. The highest BCUT2D eigenvalue weighted by molar-refractivity contribution is 8.19. The van der Waals surface area contributed by atoms with Crippen molar-refractivity contribution in [3.05, 3.63) is 92.3 Å². The van der Waals surface area contributed by atoms with Gasteiger partial charge in [0.2, 0.25) is 0 Å². The third-order valence-electron chi connectivity index (χ3n) is 4.77. The zero-order valence-corrected chi connectivity index (χ0v) is 19.1. The zero-order chi connectivity index (χ0) is 22.1. The Kier molecular flexibility index (Phi) is 6.10. The molecule has 1 aliphatic rings. The van der Waals surface area contributed by atoms with Gasteiger partial charge in [0.1, 0.15) is 5.75 Å². The first kappa shape index (κ1) is 21.5. The highest BCUT2D eigenvalue weighted by Gasteiger charge is 2.35. The fraction of sp³-hybridized carbons (Fsp3) is 0.0833. The van der Waals surface area contributed by atoms with Gasteiger partial charge in [-0.1, -0.05) is 47.5 Å². The molecule has 1 N–H and O–H groups in total. The second-order valence-electron chi connectivity index (χ2n) is 7.11. The van der Waals surface area contributed by atoms with Crippen LogP contribution in [0.25, 0.3) is 6.08 Å². The summed E-state index contributed by atoms with van der Waals surface area (Å²) in [6, 6.07) is 17.7. The summed E-state index contributed by atoms with van der Waals surface area (Å²) in [7, 11) is 0. The quantitative estimate of drug-likeness (QED) is 0.416. The number of nitrogens with zero attached hydrogens (tertiary/aromatic N) is 2. The summed E-state index contributed by atoms with van der Waals surface area (Å²) < 4.78 is 0. The van der Waals surface area contributed by atoms with Gasteiger partial charge in [0.05, 0.1) is 16.3 Å². The van der Waals surface area contributed by atoms with Crippen LogP contribution in [0.5, 0.6) is 5.75 Å². The predicted molar refractivity (Wildman–Crippen MR) is 131 cm³/mol. The van der Waals surface area contributed by atoms with Crippen molar-refractivity contribution < 1.29 is 9.90 Å². The number of hydrogen-bond acceptors (Lipinski definition) is 4. The number of aryl methyl sites for hydroxylation is 2. The van der Waals surface area contributed by atoms with Crippen LogP contribution in [0.15, 0.2) is 70.6 Å². The Morgan fingerprint density at radius 3 is 2.35 bits per heavy atom. The van der Waals surface area contributed by atoms with Crippen molar-refractivity contribution in [2.24, 2.45) is 4.99 Å². The second-order valence-corrected chi connectivity index (χ2v) is 8.93. The molecule has 7 heteroatoms. The maximum atomic E-state index is 13.3. The van der Waals surface area contributed by atoms with E-state index in [0.717, 1.165) is 16.7 Å². The Balaban J connectivity index is 1.81. The predicted octanol–water partition coefficient (Wildman–Crippen LogP) is 7.12. The fourth-order valence-corrected chi connectivity index (χ4v) is 4.38. The summed E-state index contributed by atoms with van der Waals surface area (Å²) in [5.41, 5.74) is 3.87. The van der Waals surface area contributed by atoms with Gasteiger partial charge < -0.3 is 5.11 Å². The van der Waals surface area contributed by atoms with E-state index in [4.69, 9.17) is 28.2 Å². The van der Waals surface area contributed by atoms with E-state index in [1.165, 1.54) is 11.8 Å². The maximum absolute atomic E-state index is 13.3. The highest BCUT2D eigenvalue weighted by Crippen LogP contribution is 2.39. The first-order valence-corrected chi connectivity index (χ1v) is 11.0. The monoisotopic (exact) mass is 468 g/mol. The Morgan fingerprint density at radius 2 is 1.68 bits per heavy atom. The number of carbonyl (C=O) groups is 1. The van der Waals surface area contributed by atoms with Gasteiger partial charge in [-0.2, -0.15) is 0 Å². The van der Waals surface area contributed by atoms with Crippen LogP contribution in [0.2, 0.25) is 10.0 Å². The molecule has 0 aromatic heterocycles. The van der Waals surface area contributed by atoms with Gasteiger partial charge in [-0.3, -0.25) is 9.69 Å². The average molecular weight is 469 g/mol. The lowest BCUT2D eigenvalue weighted by Gasteiger charge is -2.16. The molecule has 156 valence electrons. The number of halogens is 2. The molecular formula is C24H18Cl2N2O2S. The molecule has 1 fully saturated rings. The Morgan fingerprint density at radius 1 is 0.968 bits per heavy atom.